The largest absolute Gasteiger partial charge is 0.341 e. The summed E-state index contributed by atoms with van der Waals surface area (Å²) in [5, 5.41) is 5.37. The number of carbonyl (C=O) groups is 2. The van der Waals surface area contributed by atoms with Crippen molar-refractivity contribution in [2.45, 2.75) is 52.9 Å². The summed E-state index contributed by atoms with van der Waals surface area (Å²) >= 11 is 0. The molecule has 2 rings (SSSR count). The summed E-state index contributed by atoms with van der Waals surface area (Å²) in [6.45, 7) is 8.61. The molecule has 1 aliphatic heterocycles. The van der Waals surface area contributed by atoms with Gasteiger partial charge in [-0.3, -0.25) is 4.79 Å². The maximum absolute atomic E-state index is 12.9. The Hall–Kier alpha value is -2.04. The minimum Gasteiger partial charge on any atom is -0.341 e. The zero-order valence-corrected chi connectivity index (χ0v) is 16.7. The molecule has 1 heterocycles. The molecular formula is C21H33N3O2. The first kappa shape index (κ1) is 20.3. The fraction of sp³-hybridized carbons (Fsp3) is 0.619. The van der Waals surface area contributed by atoms with Crippen LogP contribution in [0.3, 0.4) is 0 Å². The first-order valence-electron chi connectivity index (χ1n) is 9.75. The molecule has 1 aliphatic rings. The Morgan fingerprint density at radius 2 is 1.81 bits per heavy atom. The fourth-order valence-corrected chi connectivity index (χ4v) is 3.95. The summed E-state index contributed by atoms with van der Waals surface area (Å²) in [4.78, 5) is 26.0. The molecule has 0 bridgehead atoms. The van der Waals surface area contributed by atoms with Crippen molar-refractivity contribution in [2.24, 2.45) is 5.92 Å². The Labute approximate surface area is 157 Å². The molecule has 1 fully saturated rings. The van der Waals surface area contributed by atoms with Crippen molar-refractivity contribution in [1.29, 1.82) is 0 Å². The zero-order valence-electron chi connectivity index (χ0n) is 16.7. The Morgan fingerprint density at radius 1 is 1.12 bits per heavy atom. The van der Waals surface area contributed by atoms with E-state index in [2.05, 4.69) is 29.7 Å². The van der Waals surface area contributed by atoms with Crippen LogP contribution in [0.4, 0.5) is 4.79 Å². The molecule has 0 aliphatic carbocycles. The van der Waals surface area contributed by atoms with Gasteiger partial charge in [0.2, 0.25) is 0 Å². The van der Waals surface area contributed by atoms with Gasteiger partial charge < -0.3 is 15.5 Å². The highest BCUT2D eigenvalue weighted by Gasteiger charge is 2.28. The summed E-state index contributed by atoms with van der Waals surface area (Å²) in [6.07, 6.45) is 5.54. The predicted octanol–water partition coefficient (Wildman–Crippen LogP) is 3.56. The smallest absolute Gasteiger partial charge is 0.314 e. The van der Waals surface area contributed by atoms with Crippen molar-refractivity contribution in [1.82, 2.24) is 15.5 Å². The highest BCUT2D eigenvalue weighted by Crippen LogP contribution is 2.26. The summed E-state index contributed by atoms with van der Waals surface area (Å²) in [5.41, 5.74) is 4.26. The van der Waals surface area contributed by atoms with Crippen LogP contribution in [-0.4, -0.2) is 43.5 Å². The maximum Gasteiger partial charge on any atom is 0.314 e. The summed E-state index contributed by atoms with van der Waals surface area (Å²) in [7, 11) is 1.63. The minimum absolute atomic E-state index is 0.114. The monoisotopic (exact) mass is 359 g/mol. The lowest BCUT2D eigenvalue weighted by atomic mass is 9.98. The van der Waals surface area contributed by atoms with Crippen LogP contribution in [0.25, 0.3) is 0 Å². The number of hydrogen-bond donors (Lipinski definition) is 2. The normalized spacial score (nSPS) is 16.6. The van der Waals surface area contributed by atoms with E-state index in [4.69, 9.17) is 0 Å². The van der Waals surface area contributed by atoms with E-state index < -0.39 is 0 Å². The number of rotatable bonds is 7. The van der Waals surface area contributed by atoms with Crippen molar-refractivity contribution >= 4 is 11.9 Å². The number of nitrogens with zero attached hydrogens (tertiary/aromatic N) is 1. The molecule has 0 radical (unpaired) electrons. The van der Waals surface area contributed by atoms with Crippen LogP contribution in [-0.2, 0) is 0 Å². The number of benzene rings is 1. The van der Waals surface area contributed by atoms with Gasteiger partial charge in [0, 0.05) is 32.2 Å². The van der Waals surface area contributed by atoms with Gasteiger partial charge in [-0.05, 0) is 57.1 Å². The van der Waals surface area contributed by atoms with Crippen molar-refractivity contribution in [2.75, 3.05) is 26.7 Å². The lowest BCUT2D eigenvalue weighted by Crippen LogP contribution is -2.33. The van der Waals surface area contributed by atoms with Gasteiger partial charge in [0.15, 0.2) is 0 Å². The lowest BCUT2D eigenvalue weighted by molar-refractivity contribution is 0.0785. The topological polar surface area (TPSA) is 61.4 Å². The molecule has 26 heavy (non-hydrogen) atoms. The maximum atomic E-state index is 12.9. The van der Waals surface area contributed by atoms with E-state index in [9.17, 15) is 9.59 Å². The van der Waals surface area contributed by atoms with E-state index >= 15 is 0 Å². The number of nitrogens with one attached hydrogen (secondary N) is 2. The lowest BCUT2D eigenvalue weighted by Gasteiger charge is -2.20. The van der Waals surface area contributed by atoms with Crippen LogP contribution in [0.1, 0.15) is 59.2 Å². The van der Waals surface area contributed by atoms with E-state index in [1.54, 1.807) is 7.05 Å². The molecule has 5 nitrogen and oxygen atoms in total. The SMILES string of the molecule is CNC(=O)NCCCCCC1CCN(C(=O)c2c(C)cc(C)cc2C)C1. The Bertz CT molecular complexity index is 619. The molecule has 3 amide bonds. The standard InChI is InChI=1S/C21H33N3O2/c1-15-12-16(2)19(17(3)13-15)20(25)24-11-9-18(14-24)8-6-5-7-10-23-21(26)22-4/h12-13,18H,5-11,14H2,1-4H3,(H2,22,23,26). The Morgan fingerprint density at radius 3 is 2.46 bits per heavy atom. The van der Waals surface area contributed by atoms with Gasteiger partial charge >= 0.3 is 6.03 Å². The molecule has 144 valence electrons. The van der Waals surface area contributed by atoms with Crippen LogP contribution < -0.4 is 10.6 Å². The van der Waals surface area contributed by atoms with Gasteiger partial charge in [-0.25, -0.2) is 4.79 Å². The van der Waals surface area contributed by atoms with E-state index in [-0.39, 0.29) is 11.9 Å². The number of aryl methyl sites for hydroxylation is 3. The zero-order chi connectivity index (χ0) is 19.1. The molecule has 1 unspecified atom stereocenters. The van der Waals surface area contributed by atoms with Gasteiger partial charge in [0.1, 0.15) is 0 Å². The van der Waals surface area contributed by atoms with Gasteiger partial charge in [-0.1, -0.05) is 30.5 Å². The van der Waals surface area contributed by atoms with Gasteiger partial charge in [0.25, 0.3) is 5.91 Å². The minimum atomic E-state index is -0.114. The van der Waals surface area contributed by atoms with Gasteiger partial charge in [-0.2, -0.15) is 0 Å². The summed E-state index contributed by atoms with van der Waals surface area (Å²) in [6, 6.07) is 4.08. The molecule has 1 aromatic rings. The molecule has 1 saturated heterocycles. The first-order chi connectivity index (χ1) is 12.4. The van der Waals surface area contributed by atoms with Crippen molar-refractivity contribution < 1.29 is 9.59 Å². The van der Waals surface area contributed by atoms with E-state index in [0.717, 1.165) is 68.4 Å². The third-order valence-corrected chi connectivity index (χ3v) is 5.27. The van der Waals surface area contributed by atoms with Crippen LogP contribution >= 0.6 is 0 Å². The second-order valence-electron chi connectivity index (χ2n) is 7.53. The van der Waals surface area contributed by atoms with E-state index in [1.807, 2.05) is 18.7 Å². The molecule has 0 spiro atoms. The second-order valence-corrected chi connectivity index (χ2v) is 7.53. The quantitative estimate of drug-likeness (QED) is 0.731. The predicted molar refractivity (Wildman–Crippen MR) is 106 cm³/mol. The Kier molecular flexibility index (Phi) is 7.49. The molecule has 5 heteroatoms. The molecular weight excluding hydrogens is 326 g/mol. The fourth-order valence-electron chi connectivity index (χ4n) is 3.95. The van der Waals surface area contributed by atoms with E-state index in [0.29, 0.717) is 5.92 Å². The highest BCUT2D eigenvalue weighted by atomic mass is 16.2. The highest BCUT2D eigenvalue weighted by molar-refractivity contribution is 5.97. The van der Waals surface area contributed by atoms with Crippen LogP contribution in [0.15, 0.2) is 12.1 Å². The van der Waals surface area contributed by atoms with Crippen LogP contribution in [0.2, 0.25) is 0 Å². The molecule has 0 aromatic heterocycles. The first-order valence-corrected chi connectivity index (χ1v) is 9.75. The van der Waals surface area contributed by atoms with Crippen molar-refractivity contribution in [3.8, 4) is 0 Å². The average molecular weight is 360 g/mol. The number of likely N-dealkylation sites (tertiary alicyclic amines) is 1. The van der Waals surface area contributed by atoms with Gasteiger partial charge in [0.05, 0.1) is 0 Å². The summed E-state index contributed by atoms with van der Waals surface area (Å²) in [5.74, 6) is 0.800. The van der Waals surface area contributed by atoms with Crippen molar-refractivity contribution in [3.63, 3.8) is 0 Å². The third kappa shape index (κ3) is 5.48. The average Bonchev–Trinajstić information content (AvgIpc) is 3.05. The Balaban J connectivity index is 1.75. The number of amides is 3. The van der Waals surface area contributed by atoms with Crippen LogP contribution in [0.5, 0.6) is 0 Å². The molecule has 1 atom stereocenters. The number of hydrogen-bond acceptors (Lipinski definition) is 2. The molecule has 2 N–H and O–H groups in total. The number of unbranched alkanes of at least 4 members (excludes halogenated alkanes) is 2. The van der Waals surface area contributed by atoms with Gasteiger partial charge in [-0.15, -0.1) is 0 Å². The summed E-state index contributed by atoms with van der Waals surface area (Å²) < 4.78 is 0. The number of carbonyl (C=O) groups excluding carboxylic acids is 2. The number of urea groups is 1. The second kappa shape index (κ2) is 9.60. The van der Waals surface area contributed by atoms with Crippen molar-refractivity contribution in [3.05, 3.63) is 34.4 Å². The third-order valence-electron chi connectivity index (χ3n) is 5.27. The van der Waals surface area contributed by atoms with E-state index in [1.165, 1.54) is 5.56 Å². The van der Waals surface area contributed by atoms with Crippen LogP contribution in [0, 0.1) is 26.7 Å². The molecule has 1 aromatic carbocycles. The molecule has 0 saturated carbocycles.